The fourth-order valence-electron chi connectivity index (χ4n) is 1.01. The second-order valence-electron chi connectivity index (χ2n) is 3.05. The number of azide groups is 1. The molecule has 0 fully saturated rings. The molecule has 0 aromatic heterocycles. The van der Waals surface area contributed by atoms with Gasteiger partial charge in [-0.2, -0.15) is 0 Å². The monoisotopic (exact) mass is 179 g/mol. The predicted octanol–water partition coefficient (Wildman–Crippen LogP) is 3.89. The lowest BCUT2D eigenvalue weighted by Gasteiger charge is -2.05. The number of hydrogen-bond acceptors (Lipinski definition) is 1. The van der Waals surface area contributed by atoms with Crippen LogP contribution in [0.15, 0.2) is 23.3 Å². The van der Waals surface area contributed by atoms with Gasteiger partial charge in [-0.25, -0.2) is 4.39 Å². The van der Waals surface area contributed by atoms with Gasteiger partial charge in [-0.05, 0) is 29.1 Å². The Kier molecular flexibility index (Phi) is 2.88. The Morgan fingerprint density at radius 1 is 1.46 bits per heavy atom. The van der Waals surface area contributed by atoms with E-state index in [1.54, 1.807) is 6.07 Å². The first-order valence-corrected chi connectivity index (χ1v) is 3.99. The summed E-state index contributed by atoms with van der Waals surface area (Å²) in [7, 11) is 0. The van der Waals surface area contributed by atoms with Gasteiger partial charge in [0.25, 0.3) is 0 Å². The molecule has 13 heavy (non-hydrogen) atoms. The van der Waals surface area contributed by atoms with Crippen molar-refractivity contribution < 1.29 is 4.39 Å². The molecule has 1 aromatic rings. The molecular formula is C9H10FN3. The highest BCUT2D eigenvalue weighted by Gasteiger charge is 2.03. The van der Waals surface area contributed by atoms with Gasteiger partial charge in [0.2, 0.25) is 0 Å². The van der Waals surface area contributed by atoms with Gasteiger partial charge in [0.1, 0.15) is 5.82 Å². The Bertz CT molecular complexity index is 354. The normalized spacial score (nSPS) is 9.85. The van der Waals surface area contributed by atoms with Crippen molar-refractivity contribution in [3.63, 3.8) is 0 Å². The minimum Gasteiger partial charge on any atom is -0.206 e. The average Bonchev–Trinajstić information content (AvgIpc) is 2.08. The van der Waals surface area contributed by atoms with Gasteiger partial charge in [-0.1, -0.05) is 25.0 Å². The van der Waals surface area contributed by atoms with Crippen molar-refractivity contribution in [3.05, 3.63) is 40.0 Å². The third-order valence-electron chi connectivity index (χ3n) is 1.79. The molecule has 4 heteroatoms. The highest BCUT2D eigenvalue weighted by atomic mass is 19.1. The lowest BCUT2D eigenvalue weighted by Crippen LogP contribution is -1.87. The van der Waals surface area contributed by atoms with Crippen molar-refractivity contribution in [1.29, 1.82) is 0 Å². The number of benzene rings is 1. The molecule has 68 valence electrons. The minimum absolute atomic E-state index is 0.0481. The van der Waals surface area contributed by atoms with Gasteiger partial charge in [-0.15, -0.1) is 0 Å². The van der Waals surface area contributed by atoms with Crippen LogP contribution in [0.25, 0.3) is 10.4 Å². The van der Waals surface area contributed by atoms with Crippen LogP contribution in [0.4, 0.5) is 10.1 Å². The quantitative estimate of drug-likeness (QED) is 0.375. The van der Waals surface area contributed by atoms with E-state index >= 15 is 0 Å². The number of hydrogen-bond donors (Lipinski definition) is 0. The lowest BCUT2D eigenvalue weighted by atomic mass is 10.0. The van der Waals surface area contributed by atoms with Crippen LogP contribution < -0.4 is 0 Å². The summed E-state index contributed by atoms with van der Waals surface area (Å²) in [5, 5.41) is 3.21. The molecule has 0 aliphatic rings. The topological polar surface area (TPSA) is 48.8 Å². The third-order valence-corrected chi connectivity index (χ3v) is 1.79. The summed E-state index contributed by atoms with van der Waals surface area (Å²) in [6.45, 7) is 3.95. The molecule has 3 nitrogen and oxygen atoms in total. The maximum absolute atomic E-state index is 13.1. The molecule has 0 saturated carbocycles. The molecule has 0 atom stereocenters. The predicted molar refractivity (Wildman–Crippen MR) is 49.3 cm³/mol. The third kappa shape index (κ3) is 2.20. The van der Waals surface area contributed by atoms with Gasteiger partial charge in [-0.3, -0.25) is 0 Å². The van der Waals surface area contributed by atoms with E-state index in [2.05, 4.69) is 10.0 Å². The fourth-order valence-corrected chi connectivity index (χ4v) is 1.01. The van der Waals surface area contributed by atoms with Crippen molar-refractivity contribution in [2.24, 2.45) is 5.11 Å². The molecule has 0 amide bonds. The van der Waals surface area contributed by atoms with Crippen molar-refractivity contribution in [2.75, 3.05) is 0 Å². The summed E-state index contributed by atoms with van der Waals surface area (Å²) < 4.78 is 13.1. The van der Waals surface area contributed by atoms with Crippen LogP contribution in [-0.2, 0) is 0 Å². The first-order valence-electron chi connectivity index (χ1n) is 3.99. The Morgan fingerprint density at radius 2 is 2.15 bits per heavy atom. The van der Waals surface area contributed by atoms with E-state index in [4.69, 9.17) is 5.53 Å². The summed E-state index contributed by atoms with van der Waals surface area (Å²) in [6.07, 6.45) is 0. The van der Waals surface area contributed by atoms with Crippen LogP contribution in [0.1, 0.15) is 25.3 Å². The van der Waals surface area contributed by atoms with Gasteiger partial charge in [0, 0.05) is 4.91 Å². The standard InChI is InChI=1S/C9H10FN3/c1-6(2)7-3-4-9(12-13-11)8(10)5-7/h3-6H,1-2H3. The minimum atomic E-state index is -0.469. The SMILES string of the molecule is CC(C)c1ccc(N=[N+]=[N-])c(F)c1. The van der Waals surface area contributed by atoms with Crippen molar-refractivity contribution in [3.8, 4) is 0 Å². The van der Waals surface area contributed by atoms with Crippen molar-refractivity contribution >= 4 is 5.69 Å². The first-order chi connectivity index (χ1) is 6.15. The zero-order valence-electron chi connectivity index (χ0n) is 7.53. The molecule has 0 saturated heterocycles. The Balaban J connectivity index is 3.12. The van der Waals surface area contributed by atoms with Crippen LogP contribution >= 0.6 is 0 Å². The van der Waals surface area contributed by atoms with Crippen LogP contribution in [0.2, 0.25) is 0 Å². The van der Waals surface area contributed by atoms with Crippen LogP contribution in [0, 0.1) is 5.82 Å². The van der Waals surface area contributed by atoms with Crippen molar-refractivity contribution in [1.82, 2.24) is 0 Å². The zero-order chi connectivity index (χ0) is 9.84. The molecule has 1 aromatic carbocycles. The molecule has 0 N–H and O–H groups in total. The van der Waals surface area contributed by atoms with E-state index in [9.17, 15) is 4.39 Å². The first kappa shape index (κ1) is 9.55. The second-order valence-corrected chi connectivity index (χ2v) is 3.05. The highest BCUT2D eigenvalue weighted by Crippen LogP contribution is 2.23. The highest BCUT2D eigenvalue weighted by molar-refractivity contribution is 5.41. The van der Waals surface area contributed by atoms with E-state index in [1.807, 2.05) is 13.8 Å². The van der Waals surface area contributed by atoms with Crippen LogP contribution in [0.3, 0.4) is 0 Å². The maximum Gasteiger partial charge on any atom is 0.133 e. The second kappa shape index (κ2) is 3.92. The Morgan fingerprint density at radius 3 is 2.62 bits per heavy atom. The molecule has 0 aliphatic carbocycles. The lowest BCUT2D eigenvalue weighted by molar-refractivity contribution is 0.625. The molecular weight excluding hydrogens is 169 g/mol. The number of rotatable bonds is 2. The molecule has 0 unspecified atom stereocenters. The Labute approximate surface area is 75.8 Å². The summed E-state index contributed by atoms with van der Waals surface area (Å²) in [6, 6.07) is 4.65. The molecule has 0 aliphatic heterocycles. The number of halogens is 1. The zero-order valence-corrected chi connectivity index (χ0v) is 7.53. The van der Waals surface area contributed by atoms with Gasteiger partial charge in [0.15, 0.2) is 0 Å². The average molecular weight is 179 g/mol. The summed E-state index contributed by atoms with van der Waals surface area (Å²) >= 11 is 0. The van der Waals surface area contributed by atoms with E-state index in [0.717, 1.165) is 5.56 Å². The van der Waals surface area contributed by atoms with Gasteiger partial charge >= 0.3 is 0 Å². The summed E-state index contributed by atoms with van der Waals surface area (Å²) in [4.78, 5) is 2.53. The molecule has 0 spiro atoms. The van der Waals surface area contributed by atoms with Gasteiger partial charge in [0.05, 0.1) is 5.69 Å². The summed E-state index contributed by atoms with van der Waals surface area (Å²) in [5.74, 6) is -0.196. The smallest absolute Gasteiger partial charge is 0.133 e. The maximum atomic E-state index is 13.1. The molecule has 0 radical (unpaired) electrons. The molecule has 0 heterocycles. The molecule has 0 bridgehead atoms. The largest absolute Gasteiger partial charge is 0.206 e. The van der Waals surface area contributed by atoms with E-state index < -0.39 is 5.82 Å². The van der Waals surface area contributed by atoms with Gasteiger partial charge < -0.3 is 0 Å². The summed E-state index contributed by atoms with van der Waals surface area (Å²) in [5.41, 5.74) is 9.06. The Hall–Kier alpha value is -1.54. The van der Waals surface area contributed by atoms with E-state index in [1.165, 1.54) is 12.1 Å². The van der Waals surface area contributed by atoms with Crippen LogP contribution in [0.5, 0.6) is 0 Å². The van der Waals surface area contributed by atoms with Crippen LogP contribution in [-0.4, -0.2) is 0 Å². The van der Waals surface area contributed by atoms with E-state index in [-0.39, 0.29) is 11.6 Å². The number of nitrogens with zero attached hydrogens (tertiary/aromatic N) is 3. The van der Waals surface area contributed by atoms with Crippen molar-refractivity contribution in [2.45, 2.75) is 19.8 Å². The van der Waals surface area contributed by atoms with E-state index in [0.29, 0.717) is 0 Å². The fraction of sp³-hybridized carbons (Fsp3) is 0.333. The molecule has 1 rings (SSSR count).